The third kappa shape index (κ3) is 5.25. The van der Waals surface area contributed by atoms with Crippen molar-refractivity contribution in [1.29, 1.82) is 0 Å². The molecule has 0 spiro atoms. The van der Waals surface area contributed by atoms with Gasteiger partial charge in [0.25, 0.3) is 0 Å². The Morgan fingerprint density at radius 3 is 2.32 bits per heavy atom. The van der Waals surface area contributed by atoms with Crippen LogP contribution in [0.3, 0.4) is 0 Å². The predicted molar refractivity (Wildman–Crippen MR) is 119 cm³/mol. The molecule has 0 aliphatic heterocycles. The number of esters is 1. The summed E-state index contributed by atoms with van der Waals surface area (Å²) in [4.78, 5) is 37.5. The zero-order chi connectivity index (χ0) is 22.5. The summed E-state index contributed by atoms with van der Waals surface area (Å²) in [5.74, 6) is -2.49. The van der Waals surface area contributed by atoms with Gasteiger partial charge >= 0.3 is 11.9 Å². The molecule has 31 heavy (non-hydrogen) atoms. The number of amides is 1. The number of hydrogen-bond acceptors (Lipinski definition) is 6. The first-order valence-corrected chi connectivity index (χ1v) is 11.2. The topological polar surface area (TPSA) is 102 Å². The third-order valence-corrected chi connectivity index (χ3v) is 6.29. The first kappa shape index (κ1) is 22.8. The van der Waals surface area contributed by atoms with Crippen LogP contribution < -0.4 is 10.1 Å². The first-order chi connectivity index (χ1) is 14.8. The van der Waals surface area contributed by atoms with E-state index in [0.29, 0.717) is 29.2 Å². The van der Waals surface area contributed by atoms with E-state index in [1.807, 2.05) is 12.1 Å². The van der Waals surface area contributed by atoms with Crippen LogP contribution in [0.1, 0.15) is 49.9 Å². The number of carboxylic acids is 1. The van der Waals surface area contributed by atoms with Gasteiger partial charge in [0.05, 0.1) is 25.0 Å². The van der Waals surface area contributed by atoms with Crippen molar-refractivity contribution in [3.05, 3.63) is 35.2 Å². The van der Waals surface area contributed by atoms with Gasteiger partial charge in [-0.2, -0.15) is 0 Å². The summed E-state index contributed by atoms with van der Waals surface area (Å²) in [5.41, 5.74) is 1.71. The summed E-state index contributed by atoms with van der Waals surface area (Å²) in [6.45, 7) is 3.52. The monoisotopic (exact) mass is 445 g/mol. The molecule has 1 fully saturated rings. The second-order valence-corrected chi connectivity index (χ2v) is 8.74. The minimum Gasteiger partial charge on any atom is -0.497 e. The van der Waals surface area contributed by atoms with Gasteiger partial charge in [0.15, 0.2) is 0 Å². The lowest BCUT2D eigenvalue weighted by Gasteiger charge is -2.27. The lowest BCUT2D eigenvalue weighted by Crippen LogP contribution is -2.36. The van der Waals surface area contributed by atoms with Crippen molar-refractivity contribution in [3.63, 3.8) is 0 Å². The van der Waals surface area contributed by atoms with Gasteiger partial charge in [0.2, 0.25) is 5.91 Å². The van der Waals surface area contributed by atoms with Crippen molar-refractivity contribution >= 4 is 34.2 Å². The normalized spacial score (nSPS) is 18.5. The number of methoxy groups -OCH3 is 1. The maximum atomic E-state index is 13.0. The van der Waals surface area contributed by atoms with Gasteiger partial charge in [0.1, 0.15) is 16.3 Å². The van der Waals surface area contributed by atoms with E-state index in [1.54, 1.807) is 38.5 Å². The Labute approximate surface area is 185 Å². The lowest BCUT2D eigenvalue weighted by atomic mass is 9.79. The molecule has 2 atom stereocenters. The molecule has 1 heterocycles. The van der Waals surface area contributed by atoms with Crippen LogP contribution in [-0.4, -0.2) is 36.2 Å². The Hall–Kier alpha value is -2.87. The van der Waals surface area contributed by atoms with Gasteiger partial charge in [-0.15, -0.1) is 11.3 Å². The summed E-state index contributed by atoms with van der Waals surface area (Å²) in [6, 6.07) is 7.26. The number of thiophene rings is 1. The zero-order valence-electron chi connectivity index (χ0n) is 17.8. The van der Waals surface area contributed by atoms with Gasteiger partial charge in [-0.1, -0.05) is 25.0 Å². The minimum atomic E-state index is -0.954. The Kier molecular flexibility index (Phi) is 7.33. The number of benzene rings is 1. The molecule has 1 amide bonds. The number of nitrogens with one attached hydrogen (secondary N) is 1. The number of aliphatic carboxylic acids is 1. The fraction of sp³-hybridized carbons (Fsp3) is 0.435. The van der Waals surface area contributed by atoms with Gasteiger partial charge in [0, 0.05) is 10.9 Å². The number of ether oxygens (including phenoxy) is 2. The molecule has 7 nitrogen and oxygen atoms in total. The van der Waals surface area contributed by atoms with E-state index in [9.17, 15) is 19.5 Å². The Balaban J connectivity index is 1.93. The number of carboxylic acid groups (broad SMARTS) is 1. The largest absolute Gasteiger partial charge is 0.497 e. The fourth-order valence-electron chi connectivity index (χ4n) is 3.85. The summed E-state index contributed by atoms with van der Waals surface area (Å²) >= 11 is 1.23. The summed E-state index contributed by atoms with van der Waals surface area (Å²) in [7, 11) is 1.58. The molecule has 2 aromatic rings. The van der Waals surface area contributed by atoms with E-state index in [0.717, 1.165) is 18.4 Å². The van der Waals surface area contributed by atoms with Gasteiger partial charge in [-0.3, -0.25) is 9.59 Å². The molecule has 0 bridgehead atoms. The van der Waals surface area contributed by atoms with E-state index >= 15 is 0 Å². The zero-order valence-corrected chi connectivity index (χ0v) is 18.7. The highest BCUT2D eigenvalue weighted by atomic mass is 32.1. The minimum absolute atomic E-state index is 0.278. The van der Waals surface area contributed by atoms with Crippen molar-refractivity contribution in [2.24, 2.45) is 11.8 Å². The molecule has 1 aliphatic carbocycles. The first-order valence-electron chi connectivity index (χ1n) is 10.3. The lowest BCUT2D eigenvalue weighted by molar-refractivity contribution is -0.147. The molecule has 2 N–H and O–H groups in total. The van der Waals surface area contributed by atoms with E-state index < -0.39 is 23.8 Å². The molecule has 1 saturated carbocycles. The molecule has 166 valence electrons. The van der Waals surface area contributed by atoms with Gasteiger partial charge in [-0.25, -0.2) is 4.79 Å². The van der Waals surface area contributed by atoms with Crippen molar-refractivity contribution in [2.75, 3.05) is 12.4 Å². The summed E-state index contributed by atoms with van der Waals surface area (Å²) < 4.78 is 10.6. The van der Waals surface area contributed by atoms with Gasteiger partial charge < -0.3 is 19.9 Å². The molecule has 8 heteroatoms. The molecular weight excluding hydrogens is 418 g/mol. The SMILES string of the molecule is COc1ccc(-c2csc(NC(=O)[C@H]3CCCC[C@H]3C(=O)O)c2C(=O)OC(C)C)cc1. The highest BCUT2D eigenvalue weighted by molar-refractivity contribution is 7.15. The second kappa shape index (κ2) is 9.96. The highest BCUT2D eigenvalue weighted by Crippen LogP contribution is 2.38. The van der Waals surface area contributed by atoms with Crippen molar-refractivity contribution in [3.8, 4) is 16.9 Å². The molecule has 0 radical (unpaired) electrons. The van der Waals surface area contributed by atoms with E-state index in [2.05, 4.69) is 5.32 Å². The van der Waals surface area contributed by atoms with E-state index in [-0.39, 0.29) is 17.6 Å². The quantitative estimate of drug-likeness (QED) is 0.593. The Bertz CT molecular complexity index is 949. The molecular formula is C23H27NO6S. The molecule has 1 aromatic carbocycles. The summed E-state index contributed by atoms with van der Waals surface area (Å²) in [5, 5.41) is 14.5. The maximum Gasteiger partial charge on any atom is 0.342 e. The van der Waals surface area contributed by atoms with Crippen LogP contribution in [0.25, 0.3) is 11.1 Å². The highest BCUT2D eigenvalue weighted by Gasteiger charge is 2.36. The molecule has 1 aliphatic rings. The number of anilines is 1. The van der Waals surface area contributed by atoms with E-state index in [1.165, 1.54) is 11.3 Å². The molecule has 3 rings (SSSR count). The van der Waals surface area contributed by atoms with Crippen LogP contribution >= 0.6 is 11.3 Å². The van der Waals surface area contributed by atoms with Crippen LogP contribution in [0.4, 0.5) is 5.00 Å². The second-order valence-electron chi connectivity index (χ2n) is 7.86. The smallest absolute Gasteiger partial charge is 0.342 e. The Morgan fingerprint density at radius 2 is 1.74 bits per heavy atom. The third-order valence-electron chi connectivity index (χ3n) is 5.40. The maximum absolute atomic E-state index is 13.0. The van der Waals surface area contributed by atoms with Crippen LogP contribution in [0.2, 0.25) is 0 Å². The predicted octanol–water partition coefficient (Wildman–Crippen LogP) is 4.82. The van der Waals surface area contributed by atoms with Crippen LogP contribution in [0.5, 0.6) is 5.75 Å². The molecule has 0 saturated heterocycles. The number of carbonyl (C=O) groups excluding carboxylic acids is 2. The average molecular weight is 446 g/mol. The molecule has 1 aromatic heterocycles. The fourth-order valence-corrected chi connectivity index (χ4v) is 4.81. The van der Waals surface area contributed by atoms with Gasteiger partial charge in [-0.05, 0) is 44.4 Å². The van der Waals surface area contributed by atoms with E-state index in [4.69, 9.17) is 9.47 Å². The standard InChI is InChI=1S/C23H27NO6S/c1-13(2)30-23(28)19-18(14-8-10-15(29-3)11-9-14)12-31-21(19)24-20(25)16-6-4-5-7-17(16)22(26)27/h8-13,16-17H,4-7H2,1-3H3,(H,24,25)(H,26,27)/t16-,17+/m0/s1. The average Bonchev–Trinajstić information content (AvgIpc) is 3.16. The van der Waals surface area contributed by atoms with Crippen molar-refractivity contribution in [2.45, 2.75) is 45.6 Å². The van der Waals surface area contributed by atoms with Crippen LogP contribution in [0, 0.1) is 11.8 Å². The summed E-state index contributed by atoms with van der Waals surface area (Å²) in [6.07, 6.45) is 2.29. The van der Waals surface area contributed by atoms with Crippen molar-refractivity contribution < 1.29 is 29.0 Å². The molecule has 0 unspecified atom stereocenters. The van der Waals surface area contributed by atoms with Crippen LogP contribution in [0.15, 0.2) is 29.6 Å². The van der Waals surface area contributed by atoms with Crippen LogP contribution in [-0.2, 0) is 14.3 Å². The number of carbonyl (C=O) groups is 3. The number of hydrogen-bond donors (Lipinski definition) is 2. The Morgan fingerprint density at radius 1 is 1.10 bits per heavy atom. The van der Waals surface area contributed by atoms with Crippen molar-refractivity contribution in [1.82, 2.24) is 0 Å². The number of rotatable bonds is 7.